The number of anilines is 1. The van der Waals surface area contributed by atoms with Gasteiger partial charge in [-0.15, -0.1) is 0 Å². The van der Waals surface area contributed by atoms with Gasteiger partial charge in [-0.3, -0.25) is 13.9 Å². The van der Waals surface area contributed by atoms with Crippen molar-refractivity contribution in [3.8, 4) is 0 Å². The standard InChI is InChI=1S/C22H19F2N3O3S2/c1-13-4-5-15(24)10-21(13)32(29,30)25-17-11-18-19(27(3)22(28)26(18)2)12-20(17)31-16-8-6-14(23)7-9-16/h4-12,25H,1-3H3. The van der Waals surface area contributed by atoms with Gasteiger partial charge in [-0.05, 0) is 61.0 Å². The highest BCUT2D eigenvalue weighted by atomic mass is 32.2. The van der Waals surface area contributed by atoms with E-state index in [1.54, 1.807) is 45.3 Å². The third-order valence-corrected chi connectivity index (χ3v) is 7.67. The number of hydrogen-bond acceptors (Lipinski definition) is 4. The largest absolute Gasteiger partial charge is 0.328 e. The second kappa shape index (κ2) is 8.10. The zero-order chi connectivity index (χ0) is 23.2. The van der Waals surface area contributed by atoms with Crippen LogP contribution in [0.4, 0.5) is 14.5 Å². The van der Waals surface area contributed by atoms with Gasteiger partial charge >= 0.3 is 5.69 Å². The van der Waals surface area contributed by atoms with Crippen LogP contribution in [0.5, 0.6) is 0 Å². The van der Waals surface area contributed by atoms with E-state index in [0.29, 0.717) is 26.4 Å². The lowest BCUT2D eigenvalue weighted by molar-refractivity contribution is 0.594. The molecular weight excluding hydrogens is 456 g/mol. The molecular formula is C22H19F2N3O3S2. The quantitative estimate of drug-likeness (QED) is 0.464. The van der Waals surface area contributed by atoms with Crippen LogP contribution >= 0.6 is 11.8 Å². The summed E-state index contributed by atoms with van der Waals surface area (Å²) in [6.45, 7) is 1.58. The van der Waals surface area contributed by atoms with Gasteiger partial charge in [0.1, 0.15) is 11.6 Å². The molecule has 0 aliphatic heterocycles. The highest BCUT2D eigenvalue weighted by Crippen LogP contribution is 2.37. The predicted octanol–water partition coefficient (Wildman–Crippen LogP) is 4.42. The second-order valence-electron chi connectivity index (χ2n) is 7.31. The van der Waals surface area contributed by atoms with Gasteiger partial charge in [0.2, 0.25) is 0 Å². The molecule has 10 heteroatoms. The summed E-state index contributed by atoms with van der Waals surface area (Å²) in [5.41, 5.74) is 1.47. The Bertz CT molecular complexity index is 1510. The molecule has 4 rings (SSSR count). The first kappa shape index (κ1) is 22.1. The van der Waals surface area contributed by atoms with Crippen LogP contribution in [0.2, 0.25) is 0 Å². The van der Waals surface area contributed by atoms with Crippen LogP contribution in [0, 0.1) is 18.6 Å². The number of sulfonamides is 1. The Morgan fingerprint density at radius 3 is 2.12 bits per heavy atom. The van der Waals surface area contributed by atoms with E-state index in [9.17, 15) is 22.0 Å². The highest BCUT2D eigenvalue weighted by Gasteiger charge is 2.21. The maximum atomic E-state index is 13.8. The van der Waals surface area contributed by atoms with Crippen LogP contribution in [0.25, 0.3) is 11.0 Å². The molecule has 0 bridgehead atoms. The Morgan fingerprint density at radius 1 is 0.875 bits per heavy atom. The number of imidazole rings is 1. The minimum atomic E-state index is -4.13. The first-order valence-corrected chi connectivity index (χ1v) is 11.8. The van der Waals surface area contributed by atoms with Gasteiger partial charge in [0, 0.05) is 23.9 Å². The monoisotopic (exact) mass is 475 g/mol. The third kappa shape index (κ3) is 4.03. The van der Waals surface area contributed by atoms with E-state index < -0.39 is 21.7 Å². The molecule has 6 nitrogen and oxygen atoms in total. The summed E-state index contributed by atoms with van der Waals surface area (Å²) < 4.78 is 58.7. The third-order valence-electron chi connectivity index (χ3n) is 5.10. The maximum Gasteiger partial charge on any atom is 0.328 e. The van der Waals surface area contributed by atoms with Crippen LogP contribution < -0.4 is 10.4 Å². The number of benzene rings is 3. The van der Waals surface area contributed by atoms with E-state index in [1.165, 1.54) is 45.2 Å². The highest BCUT2D eigenvalue weighted by molar-refractivity contribution is 7.99. The van der Waals surface area contributed by atoms with E-state index in [0.717, 1.165) is 6.07 Å². The summed E-state index contributed by atoms with van der Waals surface area (Å²) in [5.74, 6) is -1.06. The van der Waals surface area contributed by atoms with Crippen LogP contribution in [0.15, 0.2) is 74.1 Å². The van der Waals surface area contributed by atoms with Crippen molar-refractivity contribution in [3.63, 3.8) is 0 Å². The molecule has 32 heavy (non-hydrogen) atoms. The molecule has 1 heterocycles. The number of rotatable bonds is 5. The summed E-state index contributed by atoms with van der Waals surface area (Å²) in [7, 11) is -0.919. The van der Waals surface area contributed by atoms with E-state index in [4.69, 9.17) is 0 Å². The number of nitrogens with one attached hydrogen (secondary N) is 1. The van der Waals surface area contributed by atoms with E-state index in [2.05, 4.69) is 4.72 Å². The van der Waals surface area contributed by atoms with Crippen molar-refractivity contribution < 1.29 is 17.2 Å². The van der Waals surface area contributed by atoms with Gasteiger partial charge in [-0.1, -0.05) is 17.8 Å². The SMILES string of the molecule is Cc1ccc(F)cc1S(=O)(=O)Nc1cc2c(cc1Sc1ccc(F)cc1)n(C)c(=O)n2C. The van der Waals surface area contributed by atoms with Gasteiger partial charge < -0.3 is 0 Å². The number of halogens is 2. The molecule has 0 unspecified atom stereocenters. The summed E-state index contributed by atoms with van der Waals surface area (Å²) in [6.07, 6.45) is 0. The van der Waals surface area contributed by atoms with Gasteiger partial charge in [0.05, 0.1) is 21.6 Å². The van der Waals surface area contributed by atoms with Crippen molar-refractivity contribution in [3.05, 3.63) is 82.3 Å². The van der Waals surface area contributed by atoms with Crippen molar-refractivity contribution in [2.45, 2.75) is 21.6 Å². The molecule has 0 aliphatic carbocycles. The summed E-state index contributed by atoms with van der Waals surface area (Å²) >= 11 is 1.21. The molecule has 0 saturated carbocycles. The molecule has 0 aliphatic rings. The Kier molecular flexibility index (Phi) is 5.59. The van der Waals surface area contributed by atoms with Crippen molar-refractivity contribution in [1.29, 1.82) is 0 Å². The fraction of sp³-hybridized carbons (Fsp3) is 0.136. The molecule has 1 N–H and O–H groups in total. The zero-order valence-electron chi connectivity index (χ0n) is 17.4. The van der Waals surface area contributed by atoms with E-state index in [1.807, 2.05) is 0 Å². The molecule has 4 aromatic rings. The fourth-order valence-corrected chi connectivity index (χ4v) is 5.69. The smallest absolute Gasteiger partial charge is 0.295 e. The molecule has 0 saturated heterocycles. The van der Waals surface area contributed by atoms with Gasteiger partial charge in [-0.25, -0.2) is 22.0 Å². The molecule has 166 valence electrons. The lowest BCUT2D eigenvalue weighted by atomic mass is 10.2. The Labute approximate surface area is 187 Å². The average Bonchev–Trinajstić information content (AvgIpc) is 2.95. The molecule has 1 aromatic heterocycles. The number of aromatic nitrogens is 2. The normalized spacial score (nSPS) is 11.8. The van der Waals surface area contributed by atoms with Crippen LogP contribution in [0.1, 0.15) is 5.56 Å². The molecule has 3 aromatic carbocycles. The number of nitrogens with zero attached hydrogens (tertiary/aromatic N) is 2. The fourth-order valence-electron chi connectivity index (χ4n) is 3.38. The van der Waals surface area contributed by atoms with Crippen molar-refractivity contribution in [2.75, 3.05) is 4.72 Å². The zero-order valence-corrected chi connectivity index (χ0v) is 19.0. The van der Waals surface area contributed by atoms with E-state index >= 15 is 0 Å². The number of aryl methyl sites for hydroxylation is 3. The summed E-state index contributed by atoms with van der Waals surface area (Å²) in [6, 6.07) is 12.6. The van der Waals surface area contributed by atoms with Crippen LogP contribution in [-0.4, -0.2) is 17.6 Å². The summed E-state index contributed by atoms with van der Waals surface area (Å²) in [5, 5.41) is 0. The molecule has 0 fully saturated rings. The topological polar surface area (TPSA) is 73.1 Å². The first-order valence-electron chi connectivity index (χ1n) is 9.48. The van der Waals surface area contributed by atoms with Gasteiger partial charge in [0.15, 0.2) is 0 Å². The molecule has 0 amide bonds. The van der Waals surface area contributed by atoms with Gasteiger partial charge in [0.25, 0.3) is 10.0 Å². The van der Waals surface area contributed by atoms with Crippen LogP contribution in [-0.2, 0) is 24.1 Å². The first-order chi connectivity index (χ1) is 15.1. The predicted molar refractivity (Wildman–Crippen MR) is 121 cm³/mol. The Hall–Kier alpha value is -3.11. The molecule has 0 radical (unpaired) electrons. The van der Waals surface area contributed by atoms with E-state index in [-0.39, 0.29) is 16.3 Å². The second-order valence-corrected chi connectivity index (χ2v) is 10.1. The Balaban J connectivity index is 1.87. The molecule has 0 spiro atoms. The Morgan fingerprint density at radius 2 is 1.47 bits per heavy atom. The van der Waals surface area contributed by atoms with Crippen molar-refractivity contribution in [2.24, 2.45) is 14.1 Å². The van der Waals surface area contributed by atoms with Crippen molar-refractivity contribution in [1.82, 2.24) is 9.13 Å². The molecule has 0 atom stereocenters. The minimum absolute atomic E-state index is 0.183. The maximum absolute atomic E-state index is 13.8. The lowest BCUT2D eigenvalue weighted by Crippen LogP contribution is -2.19. The lowest BCUT2D eigenvalue weighted by Gasteiger charge is -2.15. The minimum Gasteiger partial charge on any atom is -0.295 e. The summed E-state index contributed by atoms with van der Waals surface area (Å²) in [4.78, 5) is 13.4. The van der Waals surface area contributed by atoms with Gasteiger partial charge in [-0.2, -0.15) is 0 Å². The number of hydrogen-bond donors (Lipinski definition) is 1. The average molecular weight is 476 g/mol. The van der Waals surface area contributed by atoms with Crippen LogP contribution in [0.3, 0.4) is 0 Å². The number of fused-ring (bicyclic) bond motifs is 1. The van der Waals surface area contributed by atoms with Crippen molar-refractivity contribution >= 4 is 38.5 Å².